The molecule has 14 heavy (non-hydrogen) atoms. The summed E-state index contributed by atoms with van der Waals surface area (Å²) in [5.41, 5.74) is 0. The van der Waals surface area contributed by atoms with Gasteiger partial charge in [-0.1, -0.05) is 40.0 Å². The normalized spacial score (nSPS) is 31.7. The van der Waals surface area contributed by atoms with Gasteiger partial charge in [0.25, 0.3) is 0 Å². The maximum Gasteiger partial charge on any atom is 0.0594 e. The molecule has 1 aliphatic carbocycles. The monoisotopic (exact) mass is 198 g/mol. The molecule has 4 atom stereocenters. The quantitative estimate of drug-likeness (QED) is 0.715. The van der Waals surface area contributed by atoms with Crippen LogP contribution in [0.4, 0.5) is 0 Å². The molecule has 0 heterocycles. The van der Waals surface area contributed by atoms with E-state index in [4.69, 9.17) is 0 Å². The van der Waals surface area contributed by atoms with Gasteiger partial charge in [-0.2, -0.15) is 0 Å². The van der Waals surface area contributed by atoms with Crippen LogP contribution in [0.25, 0.3) is 0 Å². The van der Waals surface area contributed by atoms with Gasteiger partial charge >= 0.3 is 0 Å². The van der Waals surface area contributed by atoms with Gasteiger partial charge in [0.1, 0.15) is 0 Å². The summed E-state index contributed by atoms with van der Waals surface area (Å²) in [4.78, 5) is 0. The molecule has 1 saturated carbocycles. The Morgan fingerprint density at radius 2 is 2.00 bits per heavy atom. The second-order valence-electron chi connectivity index (χ2n) is 5.10. The lowest BCUT2D eigenvalue weighted by Gasteiger charge is -2.24. The zero-order chi connectivity index (χ0) is 10.6. The highest BCUT2D eigenvalue weighted by molar-refractivity contribution is 4.82. The van der Waals surface area contributed by atoms with Gasteiger partial charge in [0.2, 0.25) is 0 Å². The fourth-order valence-corrected chi connectivity index (χ4v) is 2.89. The highest BCUT2D eigenvalue weighted by atomic mass is 16.3. The number of hydrogen-bond acceptors (Lipinski definition) is 1. The first-order valence-electron chi connectivity index (χ1n) is 6.37. The van der Waals surface area contributed by atoms with Crippen LogP contribution in [-0.4, -0.2) is 11.2 Å². The van der Waals surface area contributed by atoms with Crippen molar-refractivity contribution in [3.8, 4) is 0 Å². The Labute approximate surface area is 88.9 Å². The first-order valence-corrected chi connectivity index (χ1v) is 6.37. The lowest BCUT2D eigenvalue weighted by molar-refractivity contribution is 0.0542. The molecule has 1 heteroatoms. The maximum atomic E-state index is 10.2. The second-order valence-corrected chi connectivity index (χ2v) is 5.10. The van der Waals surface area contributed by atoms with Crippen LogP contribution in [0.15, 0.2) is 0 Å². The summed E-state index contributed by atoms with van der Waals surface area (Å²) < 4.78 is 0. The van der Waals surface area contributed by atoms with E-state index in [9.17, 15) is 5.11 Å². The molecule has 4 unspecified atom stereocenters. The Hall–Kier alpha value is -0.0400. The molecule has 0 aromatic carbocycles. The number of rotatable bonds is 5. The molecule has 0 aliphatic heterocycles. The Morgan fingerprint density at radius 3 is 2.50 bits per heavy atom. The van der Waals surface area contributed by atoms with Crippen molar-refractivity contribution in [1.29, 1.82) is 0 Å². The lowest BCUT2D eigenvalue weighted by Crippen LogP contribution is -2.25. The van der Waals surface area contributed by atoms with Crippen molar-refractivity contribution in [3.63, 3.8) is 0 Å². The molecule has 0 amide bonds. The first kappa shape index (κ1) is 12.0. The van der Waals surface area contributed by atoms with Gasteiger partial charge < -0.3 is 5.11 Å². The molecule has 1 fully saturated rings. The van der Waals surface area contributed by atoms with Crippen LogP contribution in [0.2, 0.25) is 0 Å². The third-order valence-electron chi connectivity index (χ3n) is 3.97. The smallest absolute Gasteiger partial charge is 0.0594 e. The summed E-state index contributed by atoms with van der Waals surface area (Å²) in [7, 11) is 0. The molecule has 0 bridgehead atoms. The Balaban J connectivity index is 2.34. The predicted octanol–water partition coefficient (Wildman–Crippen LogP) is 3.61. The van der Waals surface area contributed by atoms with Crippen LogP contribution in [0.3, 0.4) is 0 Å². The van der Waals surface area contributed by atoms with E-state index < -0.39 is 0 Å². The Bertz CT molecular complexity index is 155. The minimum absolute atomic E-state index is 0.0356. The van der Waals surface area contributed by atoms with Crippen LogP contribution in [0.5, 0.6) is 0 Å². The number of aliphatic hydroxyl groups excluding tert-OH is 1. The van der Waals surface area contributed by atoms with Gasteiger partial charge in [-0.05, 0) is 37.0 Å². The van der Waals surface area contributed by atoms with E-state index in [-0.39, 0.29) is 6.10 Å². The first-order chi connectivity index (χ1) is 6.69. The molecule has 1 N–H and O–H groups in total. The van der Waals surface area contributed by atoms with Crippen molar-refractivity contribution in [1.82, 2.24) is 0 Å². The minimum atomic E-state index is -0.0356. The average Bonchev–Trinajstić information content (AvgIpc) is 2.65. The summed E-state index contributed by atoms with van der Waals surface area (Å²) in [6, 6.07) is 0. The third kappa shape index (κ3) is 2.98. The van der Waals surface area contributed by atoms with Crippen molar-refractivity contribution in [3.05, 3.63) is 0 Å². The average molecular weight is 198 g/mol. The highest BCUT2D eigenvalue weighted by Gasteiger charge is 2.31. The SMILES string of the molecule is CCCC(C)C(O)C1CCC(CC)C1. The lowest BCUT2D eigenvalue weighted by atomic mass is 9.87. The van der Waals surface area contributed by atoms with Crippen LogP contribution < -0.4 is 0 Å². The third-order valence-corrected chi connectivity index (χ3v) is 3.97. The zero-order valence-corrected chi connectivity index (χ0v) is 10.00. The van der Waals surface area contributed by atoms with Gasteiger partial charge in [0, 0.05) is 0 Å². The summed E-state index contributed by atoms with van der Waals surface area (Å²) in [6.45, 7) is 6.68. The van der Waals surface area contributed by atoms with Crippen LogP contribution >= 0.6 is 0 Å². The molecule has 0 spiro atoms. The van der Waals surface area contributed by atoms with Gasteiger partial charge in [-0.3, -0.25) is 0 Å². The van der Waals surface area contributed by atoms with Crippen molar-refractivity contribution < 1.29 is 5.11 Å². The summed E-state index contributed by atoms with van der Waals surface area (Å²) in [5, 5.41) is 10.2. The van der Waals surface area contributed by atoms with Crippen molar-refractivity contribution >= 4 is 0 Å². The van der Waals surface area contributed by atoms with E-state index in [2.05, 4.69) is 20.8 Å². The topological polar surface area (TPSA) is 20.2 Å². The highest BCUT2D eigenvalue weighted by Crippen LogP contribution is 2.37. The van der Waals surface area contributed by atoms with Crippen molar-refractivity contribution in [2.24, 2.45) is 17.8 Å². The molecule has 0 aromatic heterocycles. The largest absolute Gasteiger partial charge is 0.393 e. The predicted molar refractivity (Wildman–Crippen MR) is 61.2 cm³/mol. The molecule has 0 radical (unpaired) electrons. The Morgan fingerprint density at radius 1 is 1.29 bits per heavy atom. The fraction of sp³-hybridized carbons (Fsp3) is 1.00. The fourth-order valence-electron chi connectivity index (χ4n) is 2.89. The van der Waals surface area contributed by atoms with Crippen molar-refractivity contribution in [2.45, 2.75) is 65.4 Å². The summed E-state index contributed by atoms with van der Waals surface area (Å²) >= 11 is 0. The van der Waals surface area contributed by atoms with Gasteiger partial charge in [-0.15, -0.1) is 0 Å². The zero-order valence-electron chi connectivity index (χ0n) is 10.00. The second kappa shape index (κ2) is 5.75. The molecule has 1 nitrogen and oxygen atoms in total. The molecule has 84 valence electrons. The Kier molecular flexibility index (Phi) is 4.94. The van der Waals surface area contributed by atoms with Crippen LogP contribution in [0, 0.1) is 17.8 Å². The van der Waals surface area contributed by atoms with Gasteiger partial charge in [0.05, 0.1) is 6.10 Å². The maximum absolute atomic E-state index is 10.2. The van der Waals surface area contributed by atoms with Crippen LogP contribution in [0.1, 0.15) is 59.3 Å². The van der Waals surface area contributed by atoms with Crippen molar-refractivity contribution in [2.75, 3.05) is 0 Å². The van der Waals surface area contributed by atoms with Crippen LogP contribution in [-0.2, 0) is 0 Å². The molecule has 1 aliphatic rings. The summed E-state index contributed by atoms with van der Waals surface area (Å²) in [5.74, 6) is 1.99. The van der Waals surface area contributed by atoms with Gasteiger partial charge in [-0.25, -0.2) is 0 Å². The number of hydrogen-bond donors (Lipinski definition) is 1. The van der Waals surface area contributed by atoms with E-state index >= 15 is 0 Å². The molecule has 0 saturated heterocycles. The molecule has 0 aromatic rings. The molecular formula is C13H26O. The molecule has 1 rings (SSSR count). The minimum Gasteiger partial charge on any atom is -0.393 e. The van der Waals surface area contributed by atoms with E-state index in [0.717, 1.165) is 5.92 Å². The standard InChI is InChI=1S/C13H26O/c1-4-6-10(3)13(14)12-8-7-11(5-2)9-12/h10-14H,4-9H2,1-3H3. The van der Waals surface area contributed by atoms with E-state index in [1.54, 1.807) is 0 Å². The van der Waals surface area contributed by atoms with E-state index in [1.165, 1.54) is 38.5 Å². The van der Waals surface area contributed by atoms with E-state index in [1.807, 2.05) is 0 Å². The number of aliphatic hydroxyl groups is 1. The molecular weight excluding hydrogens is 172 g/mol. The summed E-state index contributed by atoms with van der Waals surface area (Å²) in [6.07, 6.45) is 7.50. The van der Waals surface area contributed by atoms with Gasteiger partial charge in [0.15, 0.2) is 0 Å². The van der Waals surface area contributed by atoms with E-state index in [0.29, 0.717) is 11.8 Å².